The van der Waals surface area contributed by atoms with Crippen LogP contribution in [-0.4, -0.2) is 24.8 Å². The Hall–Kier alpha value is -0.0800. The number of aliphatic hydroxyl groups is 1. The molecule has 0 aromatic heterocycles. The highest BCUT2D eigenvalue weighted by atomic mass is 16.2. The van der Waals surface area contributed by atoms with Gasteiger partial charge in [-0.05, 0) is 38.6 Å². The van der Waals surface area contributed by atoms with Gasteiger partial charge in [0.25, 0.3) is 0 Å². The second kappa shape index (κ2) is 9.47. The first kappa shape index (κ1) is 13.9. The first-order valence-electron chi connectivity index (χ1n) is 6.08. The van der Waals surface area contributed by atoms with Gasteiger partial charge in [0, 0.05) is 12.6 Å². The standard InChI is InChI=1S/C9H19N.C3H8O/c1-3-4-5-8-6-7-9(8)10-2;1-2-3-4/h8-10H,3-7H2,1-2H3;4H,2-3H2,1H3. The van der Waals surface area contributed by atoms with Crippen molar-refractivity contribution in [2.45, 2.75) is 58.4 Å². The maximum Gasteiger partial charge on any atom is 0.0428 e. The van der Waals surface area contributed by atoms with Crippen molar-refractivity contribution in [3.8, 4) is 0 Å². The van der Waals surface area contributed by atoms with Crippen molar-refractivity contribution >= 4 is 0 Å². The van der Waals surface area contributed by atoms with Gasteiger partial charge in [-0.2, -0.15) is 0 Å². The third-order valence-corrected chi connectivity index (χ3v) is 2.94. The quantitative estimate of drug-likeness (QED) is 0.716. The van der Waals surface area contributed by atoms with E-state index >= 15 is 0 Å². The van der Waals surface area contributed by atoms with Crippen LogP contribution < -0.4 is 5.32 Å². The molecule has 1 fully saturated rings. The summed E-state index contributed by atoms with van der Waals surface area (Å²) < 4.78 is 0. The lowest BCUT2D eigenvalue weighted by molar-refractivity contribution is 0.204. The van der Waals surface area contributed by atoms with Crippen molar-refractivity contribution in [1.82, 2.24) is 5.32 Å². The molecule has 86 valence electrons. The maximum atomic E-state index is 7.88. The average molecular weight is 201 g/mol. The topological polar surface area (TPSA) is 32.3 Å². The second-order valence-electron chi connectivity index (χ2n) is 4.10. The van der Waals surface area contributed by atoms with E-state index in [9.17, 15) is 0 Å². The normalized spacial score (nSPS) is 24.9. The molecule has 1 rings (SSSR count). The number of hydrogen-bond donors (Lipinski definition) is 2. The van der Waals surface area contributed by atoms with Gasteiger partial charge in [-0.1, -0.05) is 26.7 Å². The molecular formula is C12H27NO. The summed E-state index contributed by atoms with van der Waals surface area (Å²) in [6.07, 6.45) is 7.97. The molecular weight excluding hydrogens is 174 g/mol. The van der Waals surface area contributed by atoms with Gasteiger partial charge in [-0.25, -0.2) is 0 Å². The molecule has 0 heterocycles. The van der Waals surface area contributed by atoms with Crippen LogP contribution in [-0.2, 0) is 0 Å². The molecule has 0 radical (unpaired) electrons. The predicted octanol–water partition coefficient (Wildman–Crippen LogP) is 2.56. The minimum Gasteiger partial charge on any atom is -0.396 e. The largest absolute Gasteiger partial charge is 0.396 e. The van der Waals surface area contributed by atoms with Crippen LogP contribution in [0.15, 0.2) is 0 Å². The van der Waals surface area contributed by atoms with E-state index in [1.165, 1.54) is 32.1 Å². The Morgan fingerprint density at radius 3 is 2.14 bits per heavy atom. The summed E-state index contributed by atoms with van der Waals surface area (Å²) in [4.78, 5) is 0. The molecule has 14 heavy (non-hydrogen) atoms. The molecule has 0 aromatic carbocycles. The van der Waals surface area contributed by atoms with Crippen LogP contribution >= 0.6 is 0 Å². The Bertz CT molecular complexity index is 113. The number of hydrogen-bond acceptors (Lipinski definition) is 2. The van der Waals surface area contributed by atoms with Crippen LogP contribution in [0.25, 0.3) is 0 Å². The molecule has 2 N–H and O–H groups in total. The predicted molar refractivity (Wildman–Crippen MR) is 62.5 cm³/mol. The minimum atomic E-state index is 0.319. The van der Waals surface area contributed by atoms with E-state index in [2.05, 4.69) is 19.3 Å². The molecule has 2 heteroatoms. The Morgan fingerprint density at radius 1 is 1.21 bits per heavy atom. The lowest BCUT2D eigenvalue weighted by Gasteiger charge is -2.36. The van der Waals surface area contributed by atoms with Gasteiger partial charge in [0.2, 0.25) is 0 Å². The Morgan fingerprint density at radius 2 is 1.86 bits per heavy atom. The van der Waals surface area contributed by atoms with E-state index in [0.717, 1.165) is 18.4 Å². The zero-order valence-corrected chi connectivity index (χ0v) is 10.1. The van der Waals surface area contributed by atoms with Crippen molar-refractivity contribution in [3.05, 3.63) is 0 Å². The zero-order valence-electron chi connectivity index (χ0n) is 10.1. The summed E-state index contributed by atoms with van der Waals surface area (Å²) in [6.45, 7) is 4.52. The van der Waals surface area contributed by atoms with Crippen LogP contribution in [0.2, 0.25) is 0 Å². The smallest absolute Gasteiger partial charge is 0.0428 e. The second-order valence-corrected chi connectivity index (χ2v) is 4.10. The van der Waals surface area contributed by atoms with E-state index < -0.39 is 0 Å². The van der Waals surface area contributed by atoms with Crippen molar-refractivity contribution < 1.29 is 5.11 Å². The van der Waals surface area contributed by atoms with Crippen LogP contribution in [0.1, 0.15) is 52.4 Å². The fraction of sp³-hybridized carbons (Fsp3) is 1.00. The summed E-state index contributed by atoms with van der Waals surface area (Å²) in [6, 6.07) is 0.853. The molecule has 2 unspecified atom stereocenters. The molecule has 1 saturated carbocycles. The number of unbranched alkanes of at least 4 members (excludes halogenated alkanes) is 1. The highest BCUT2D eigenvalue weighted by Gasteiger charge is 2.27. The highest BCUT2D eigenvalue weighted by molar-refractivity contribution is 4.85. The van der Waals surface area contributed by atoms with Gasteiger partial charge in [0.1, 0.15) is 0 Å². The Labute approximate surface area is 89.1 Å². The van der Waals surface area contributed by atoms with Gasteiger partial charge >= 0.3 is 0 Å². The third-order valence-electron chi connectivity index (χ3n) is 2.94. The molecule has 1 aliphatic carbocycles. The van der Waals surface area contributed by atoms with Gasteiger partial charge in [-0.15, -0.1) is 0 Å². The van der Waals surface area contributed by atoms with Crippen LogP contribution in [0, 0.1) is 5.92 Å². The number of rotatable bonds is 5. The first-order chi connectivity index (χ1) is 6.79. The third kappa shape index (κ3) is 5.61. The summed E-state index contributed by atoms with van der Waals surface area (Å²) in [5, 5.41) is 11.2. The van der Waals surface area contributed by atoms with Gasteiger partial charge in [0.05, 0.1) is 0 Å². The fourth-order valence-corrected chi connectivity index (χ4v) is 1.76. The van der Waals surface area contributed by atoms with Crippen molar-refractivity contribution in [2.24, 2.45) is 5.92 Å². The van der Waals surface area contributed by atoms with E-state index in [0.29, 0.717) is 6.61 Å². The molecule has 2 atom stereocenters. The molecule has 1 aliphatic rings. The van der Waals surface area contributed by atoms with Gasteiger partial charge in [-0.3, -0.25) is 0 Å². The summed E-state index contributed by atoms with van der Waals surface area (Å²) in [5.74, 6) is 1.00. The van der Waals surface area contributed by atoms with E-state index in [1.807, 2.05) is 6.92 Å². The van der Waals surface area contributed by atoms with Crippen molar-refractivity contribution in [1.29, 1.82) is 0 Å². The minimum absolute atomic E-state index is 0.319. The first-order valence-corrected chi connectivity index (χ1v) is 6.08. The van der Waals surface area contributed by atoms with Crippen molar-refractivity contribution in [3.63, 3.8) is 0 Å². The van der Waals surface area contributed by atoms with E-state index in [4.69, 9.17) is 5.11 Å². The highest BCUT2D eigenvalue weighted by Crippen LogP contribution is 2.31. The Kier molecular flexibility index (Phi) is 9.42. The summed E-state index contributed by atoms with van der Waals surface area (Å²) in [5.41, 5.74) is 0. The number of nitrogens with one attached hydrogen (secondary N) is 1. The van der Waals surface area contributed by atoms with E-state index in [1.54, 1.807) is 0 Å². The van der Waals surface area contributed by atoms with Gasteiger partial charge in [0.15, 0.2) is 0 Å². The molecule has 0 aromatic rings. The maximum absolute atomic E-state index is 7.88. The summed E-state index contributed by atoms with van der Waals surface area (Å²) >= 11 is 0. The monoisotopic (exact) mass is 201 g/mol. The summed E-state index contributed by atoms with van der Waals surface area (Å²) in [7, 11) is 2.09. The van der Waals surface area contributed by atoms with Crippen molar-refractivity contribution in [2.75, 3.05) is 13.7 Å². The fourth-order valence-electron chi connectivity index (χ4n) is 1.76. The lowest BCUT2D eigenvalue weighted by Crippen LogP contribution is -2.41. The number of aliphatic hydroxyl groups excluding tert-OH is 1. The van der Waals surface area contributed by atoms with Crippen LogP contribution in [0.3, 0.4) is 0 Å². The molecule has 0 spiro atoms. The Balaban J connectivity index is 0.000000364. The SMILES string of the molecule is CCCCC1CCC1NC.CCCO. The molecule has 0 saturated heterocycles. The van der Waals surface area contributed by atoms with Crippen LogP contribution in [0.5, 0.6) is 0 Å². The molecule has 0 bridgehead atoms. The van der Waals surface area contributed by atoms with Crippen LogP contribution in [0.4, 0.5) is 0 Å². The lowest BCUT2D eigenvalue weighted by atomic mass is 9.77. The molecule has 0 aliphatic heterocycles. The molecule has 2 nitrogen and oxygen atoms in total. The molecule has 0 amide bonds. The average Bonchev–Trinajstić information content (AvgIpc) is 2.18. The van der Waals surface area contributed by atoms with E-state index in [-0.39, 0.29) is 0 Å². The zero-order chi connectivity index (χ0) is 10.8. The van der Waals surface area contributed by atoms with Gasteiger partial charge < -0.3 is 10.4 Å².